The predicted octanol–water partition coefficient (Wildman–Crippen LogP) is 3.66. The van der Waals surface area contributed by atoms with Crippen LogP contribution in [0.3, 0.4) is 0 Å². The van der Waals surface area contributed by atoms with Crippen molar-refractivity contribution >= 4 is 0 Å². The van der Waals surface area contributed by atoms with Crippen molar-refractivity contribution in [2.75, 3.05) is 34.0 Å². The lowest BCUT2D eigenvalue weighted by Gasteiger charge is -2.48. The average molecular weight is 272 g/mol. The van der Waals surface area contributed by atoms with Gasteiger partial charge in [0.1, 0.15) is 0 Å². The molecule has 0 bridgehead atoms. The quantitative estimate of drug-likeness (QED) is 0.641. The van der Waals surface area contributed by atoms with Crippen molar-refractivity contribution in [1.82, 2.24) is 0 Å². The summed E-state index contributed by atoms with van der Waals surface area (Å²) in [7, 11) is 3.53. The molecule has 0 aliphatic heterocycles. The molecule has 0 N–H and O–H groups in total. The highest BCUT2D eigenvalue weighted by atomic mass is 16.5. The van der Waals surface area contributed by atoms with E-state index in [0.717, 1.165) is 6.42 Å². The largest absolute Gasteiger partial charge is 0.384 e. The number of rotatable bonds is 9. The zero-order valence-electron chi connectivity index (χ0n) is 13.7. The minimum Gasteiger partial charge on any atom is -0.384 e. The molecule has 3 heteroatoms. The number of methoxy groups -OCH3 is 2. The Morgan fingerprint density at radius 1 is 1.00 bits per heavy atom. The van der Waals surface area contributed by atoms with Crippen LogP contribution in [0.25, 0.3) is 0 Å². The number of ether oxygens (including phenoxy) is 3. The molecule has 0 atom stereocenters. The summed E-state index contributed by atoms with van der Waals surface area (Å²) in [5, 5.41) is 0. The maximum Gasteiger partial charge on any atom is 0.0654 e. The fourth-order valence-electron chi connectivity index (χ4n) is 2.77. The van der Waals surface area contributed by atoms with Crippen LogP contribution in [0.1, 0.15) is 53.4 Å². The Kier molecular flexibility index (Phi) is 5.84. The van der Waals surface area contributed by atoms with Crippen LogP contribution in [0.2, 0.25) is 0 Å². The van der Waals surface area contributed by atoms with Crippen LogP contribution in [-0.4, -0.2) is 39.6 Å². The van der Waals surface area contributed by atoms with E-state index in [1.54, 1.807) is 14.2 Å². The zero-order chi connectivity index (χ0) is 14.6. The van der Waals surface area contributed by atoms with Crippen molar-refractivity contribution in [3.8, 4) is 0 Å². The Labute approximate surface area is 119 Å². The molecule has 114 valence electrons. The van der Waals surface area contributed by atoms with Crippen molar-refractivity contribution in [3.05, 3.63) is 0 Å². The van der Waals surface area contributed by atoms with Gasteiger partial charge in [-0.15, -0.1) is 0 Å². The molecule has 0 heterocycles. The SMILES string of the molecule is CCC(C)(C)C(COC)(COC)COC1(C)CCC1. The van der Waals surface area contributed by atoms with E-state index in [0.29, 0.717) is 19.8 Å². The summed E-state index contributed by atoms with van der Waals surface area (Å²) in [6.07, 6.45) is 4.72. The van der Waals surface area contributed by atoms with Crippen molar-refractivity contribution in [2.24, 2.45) is 10.8 Å². The fourth-order valence-corrected chi connectivity index (χ4v) is 2.77. The van der Waals surface area contributed by atoms with Crippen molar-refractivity contribution in [2.45, 2.75) is 59.0 Å². The van der Waals surface area contributed by atoms with E-state index in [1.165, 1.54) is 19.3 Å². The molecule has 1 saturated carbocycles. The molecule has 0 unspecified atom stereocenters. The second-order valence-corrected chi connectivity index (χ2v) is 6.98. The van der Waals surface area contributed by atoms with E-state index >= 15 is 0 Å². The molecule has 0 aromatic rings. The first-order valence-corrected chi connectivity index (χ1v) is 7.47. The van der Waals surface area contributed by atoms with Crippen LogP contribution >= 0.6 is 0 Å². The van der Waals surface area contributed by atoms with Crippen LogP contribution in [-0.2, 0) is 14.2 Å². The summed E-state index contributed by atoms with van der Waals surface area (Å²) in [5.41, 5.74) is 0.125. The monoisotopic (exact) mass is 272 g/mol. The summed E-state index contributed by atoms with van der Waals surface area (Å²) < 4.78 is 17.3. The van der Waals surface area contributed by atoms with Crippen molar-refractivity contribution < 1.29 is 14.2 Å². The topological polar surface area (TPSA) is 27.7 Å². The lowest BCUT2D eigenvalue weighted by atomic mass is 9.65. The van der Waals surface area contributed by atoms with Gasteiger partial charge < -0.3 is 14.2 Å². The third-order valence-electron chi connectivity index (χ3n) is 5.27. The molecule has 0 amide bonds. The van der Waals surface area contributed by atoms with Gasteiger partial charge >= 0.3 is 0 Å². The molecule has 0 saturated heterocycles. The zero-order valence-corrected chi connectivity index (χ0v) is 13.7. The van der Waals surface area contributed by atoms with E-state index in [9.17, 15) is 0 Å². The Morgan fingerprint density at radius 2 is 1.53 bits per heavy atom. The normalized spacial score (nSPS) is 19.3. The van der Waals surface area contributed by atoms with Gasteiger partial charge in [0, 0.05) is 19.6 Å². The standard InChI is InChI=1S/C16H32O3/c1-7-14(2,3)16(11-17-5,12-18-6)13-19-15(4)9-8-10-15/h7-13H2,1-6H3. The van der Waals surface area contributed by atoms with Crippen LogP contribution in [0.5, 0.6) is 0 Å². The molecule has 1 rings (SSSR count). The minimum absolute atomic E-state index is 0.0795. The van der Waals surface area contributed by atoms with Gasteiger partial charge in [0.2, 0.25) is 0 Å². The molecule has 0 spiro atoms. The van der Waals surface area contributed by atoms with Gasteiger partial charge in [-0.1, -0.05) is 27.2 Å². The maximum absolute atomic E-state index is 6.26. The van der Waals surface area contributed by atoms with E-state index in [2.05, 4.69) is 27.7 Å². The molecular formula is C16H32O3. The number of hydrogen-bond acceptors (Lipinski definition) is 3. The Balaban J connectivity index is 2.81. The van der Waals surface area contributed by atoms with Crippen LogP contribution < -0.4 is 0 Å². The summed E-state index contributed by atoms with van der Waals surface area (Å²) >= 11 is 0. The fraction of sp³-hybridized carbons (Fsp3) is 1.00. The molecule has 0 aromatic carbocycles. The predicted molar refractivity (Wildman–Crippen MR) is 78.5 cm³/mol. The molecule has 0 aromatic heterocycles. The van der Waals surface area contributed by atoms with E-state index in [4.69, 9.17) is 14.2 Å². The highest BCUT2D eigenvalue weighted by molar-refractivity contribution is 4.94. The summed E-state index contributed by atoms with van der Waals surface area (Å²) in [6, 6.07) is 0. The second kappa shape index (κ2) is 6.55. The highest BCUT2D eigenvalue weighted by Gasteiger charge is 2.46. The van der Waals surface area contributed by atoms with Gasteiger partial charge in [-0.2, -0.15) is 0 Å². The average Bonchev–Trinajstić information content (AvgIpc) is 2.34. The van der Waals surface area contributed by atoms with Gasteiger partial charge in [-0.05, 0) is 31.6 Å². The Morgan fingerprint density at radius 3 is 1.84 bits per heavy atom. The second-order valence-electron chi connectivity index (χ2n) is 6.98. The first-order valence-electron chi connectivity index (χ1n) is 7.47. The summed E-state index contributed by atoms with van der Waals surface area (Å²) in [4.78, 5) is 0. The van der Waals surface area contributed by atoms with Crippen LogP contribution in [0.15, 0.2) is 0 Å². The van der Waals surface area contributed by atoms with Crippen LogP contribution in [0.4, 0.5) is 0 Å². The van der Waals surface area contributed by atoms with Crippen molar-refractivity contribution in [1.29, 1.82) is 0 Å². The maximum atomic E-state index is 6.26. The van der Waals surface area contributed by atoms with E-state index in [-0.39, 0.29) is 16.4 Å². The lowest BCUT2D eigenvalue weighted by Crippen LogP contribution is -2.51. The third-order valence-corrected chi connectivity index (χ3v) is 5.27. The van der Waals surface area contributed by atoms with Gasteiger partial charge in [-0.25, -0.2) is 0 Å². The summed E-state index contributed by atoms with van der Waals surface area (Å²) in [5.74, 6) is 0. The van der Waals surface area contributed by atoms with Gasteiger partial charge in [0.25, 0.3) is 0 Å². The van der Waals surface area contributed by atoms with E-state index < -0.39 is 0 Å². The molecule has 19 heavy (non-hydrogen) atoms. The van der Waals surface area contributed by atoms with Crippen LogP contribution in [0, 0.1) is 10.8 Å². The molecule has 1 fully saturated rings. The molecular weight excluding hydrogens is 240 g/mol. The molecule has 1 aliphatic carbocycles. The third kappa shape index (κ3) is 3.71. The smallest absolute Gasteiger partial charge is 0.0654 e. The first kappa shape index (κ1) is 16.9. The molecule has 3 nitrogen and oxygen atoms in total. The Hall–Kier alpha value is -0.120. The van der Waals surface area contributed by atoms with E-state index in [1.807, 2.05) is 0 Å². The Bertz CT molecular complexity index is 263. The lowest BCUT2D eigenvalue weighted by molar-refractivity contribution is -0.172. The molecule has 1 aliphatic rings. The number of hydrogen-bond donors (Lipinski definition) is 0. The molecule has 0 radical (unpaired) electrons. The first-order chi connectivity index (χ1) is 8.85. The minimum atomic E-state index is -0.0795. The van der Waals surface area contributed by atoms with Gasteiger partial charge in [0.05, 0.1) is 25.4 Å². The summed E-state index contributed by atoms with van der Waals surface area (Å²) in [6.45, 7) is 11.1. The highest BCUT2D eigenvalue weighted by Crippen LogP contribution is 2.45. The van der Waals surface area contributed by atoms with Gasteiger partial charge in [0.15, 0.2) is 0 Å². The van der Waals surface area contributed by atoms with Crippen molar-refractivity contribution in [3.63, 3.8) is 0 Å². The van der Waals surface area contributed by atoms with Gasteiger partial charge in [-0.3, -0.25) is 0 Å².